The molecule has 15 heavy (non-hydrogen) atoms. The van der Waals surface area contributed by atoms with Crippen molar-refractivity contribution in [3.8, 4) is 0 Å². The van der Waals surface area contributed by atoms with E-state index in [0.29, 0.717) is 5.92 Å². The number of rotatable bonds is 2. The smallest absolute Gasteiger partial charge is 0.330 e. The SMILES string of the molecule is C=CC(=O)OC12CCC(C1)C1CC=CC12. The highest BCUT2D eigenvalue weighted by Crippen LogP contribution is 2.60. The number of carbonyl (C=O) groups is 1. The van der Waals surface area contributed by atoms with Crippen molar-refractivity contribution in [2.45, 2.75) is 31.3 Å². The molecule has 2 saturated carbocycles. The molecule has 2 bridgehead atoms. The van der Waals surface area contributed by atoms with Gasteiger partial charge in [-0.3, -0.25) is 0 Å². The Balaban J connectivity index is 1.87. The van der Waals surface area contributed by atoms with E-state index in [1.807, 2.05) is 0 Å². The number of hydrogen-bond donors (Lipinski definition) is 0. The normalized spacial score (nSPS) is 45.5. The Morgan fingerprint density at radius 3 is 3.27 bits per heavy atom. The molecule has 0 aromatic rings. The van der Waals surface area contributed by atoms with Gasteiger partial charge in [-0.2, -0.15) is 0 Å². The number of ether oxygens (including phenoxy) is 1. The van der Waals surface area contributed by atoms with E-state index in [9.17, 15) is 4.79 Å². The summed E-state index contributed by atoms with van der Waals surface area (Å²) in [6.45, 7) is 3.47. The number of esters is 1. The average Bonchev–Trinajstić information content (AvgIpc) is 2.87. The maximum atomic E-state index is 11.4. The monoisotopic (exact) mass is 204 g/mol. The summed E-state index contributed by atoms with van der Waals surface area (Å²) in [5.74, 6) is 1.76. The Labute approximate surface area is 90.0 Å². The molecule has 0 aliphatic heterocycles. The fourth-order valence-corrected chi connectivity index (χ4v) is 3.87. The molecule has 0 N–H and O–H groups in total. The zero-order chi connectivity index (χ0) is 10.5. The molecule has 2 fully saturated rings. The Bertz CT molecular complexity index is 344. The van der Waals surface area contributed by atoms with Gasteiger partial charge in [-0.25, -0.2) is 4.79 Å². The van der Waals surface area contributed by atoms with Gasteiger partial charge in [-0.15, -0.1) is 0 Å². The molecular weight excluding hydrogens is 188 g/mol. The molecule has 0 saturated heterocycles. The molecule has 2 heteroatoms. The van der Waals surface area contributed by atoms with Gasteiger partial charge in [-0.1, -0.05) is 18.7 Å². The van der Waals surface area contributed by atoms with Crippen molar-refractivity contribution in [2.24, 2.45) is 17.8 Å². The molecule has 3 rings (SSSR count). The molecular formula is C13H16O2. The fraction of sp³-hybridized carbons (Fsp3) is 0.615. The van der Waals surface area contributed by atoms with Gasteiger partial charge < -0.3 is 4.74 Å². The third-order valence-corrected chi connectivity index (χ3v) is 4.44. The van der Waals surface area contributed by atoms with Crippen LogP contribution in [0.5, 0.6) is 0 Å². The topological polar surface area (TPSA) is 26.3 Å². The lowest BCUT2D eigenvalue weighted by Gasteiger charge is -2.34. The zero-order valence-electron chi connectivity index (χ0n) is 8.82. The zero-order valence-corrected chi connectivity index (χ0v) is 8.82. The van der Waals surface area contributed by atoms with Gasteiger partial charge in [-0.05, 0) is 37.5 Å². The molecule has 80 valence electrons. The summed E-state index contributed by atoms with van der Waals surface area (Å²) in [6.07, 6.45) is 10.3. The Kier molecular flexibility index (Phi) is 1.82. The van der Waals surface area contributed by atoms with Crippen LogP contribution in [-0.2, 0) is 9.53 Å². The van der Waals surface area contributed by atoms with Crippen LogP contribution < -0.4 is 0 Å². The Hall–Kier alpha value is -1.05. The predicted molar refractivity (Wildman–Crippen MR) is 57.1 cm³/mol. The molecule has 0 heterocycles. The standard InChI is InChI=1S/C13H16O2/c1-2-12(14)15-13-7-6-9(8-13)10-4-3-5-11(10)13/h2-3,5,9-11H,1,4,6-8H2. The van der Waals surface area contributed by atoms with Crippen molar-refractivity contribution < 1.29 is 9.53 Å². The van der Waals surface area contributed by atoms with E-state index in [1.54, 1.807) is 0 Å². The van der Waals surface area contributed by atoms with Crippen molar-refractivity contribution in [1.29, 1.82) is 0 Å². The maximum absolute atomic E-state index is 11.4. The molecule has 0 radical (unpaired) electrons. The highest BCUT2D eigenvalue weighted by Gasteiger charge is 2.59. The minimum atomic E-state index is -0.253. The molecule has 0 amide bonds. The van der Waals surface area contributed by atoms with Crippen molar-refractivity contribution in [1.82, 2.24) is 0 Å². The predicted octanol–water partition coefficient (Wildman–Crippen LogP) is 2.46. The Morgan fingerprint density at radius 2 is 2.47 bits per heavy atom. The lowest BCUT2D eigenvalue weighted by Crippen LogP contribution is -2.38. The van der Waals surface area contributed by atoms with Gasteiger partial charge in [0.25, 0.3) is 0 Å². The number of carbonyl (C=O) groups excluding carboxylic acids is 1. The lowest BCUT2D eigenvalue weighted by atomic mass is 9.79. The van der Waals surface area contributed by atoms with E-state index in [0.717, 1.165) is 24.7 Å². The third-order valence-electron chi connectivity index (χ3n) is 4.44. The van der Waals surface area contributed by atoms with Gasteiger partial charge in [0.2, 0.25) is 0 Å². The number of allylic oxidation sites excluding steroid dienone is 1. The molecule has 4 atom stereocenters. The van der Waals surface area contributed by atoms with E-state index in [2.05, 4.69) is 18.7 Å². The summed E-state index contributed by atoms with van der Waals surface area (Å²) in [7, 11) is 0. The van der Waals surface area contributed by atoms with Crippen LogP contribution in [0.25, 0.3) is 0 Å². The number of fused-ring (bicyclic) bond motifs is 5. The third kappa shape index (κ3) is 1.14. The summed E-state index contributed by atoms with van der Waals surface area (Å²) < 4.78 is 5.64. The largest absolute Gasteiger partial charge is 0.455 e. The van der Waals surface area contributed by atoms with E-state index in [-0.39, 0.29) is 11.6 Å². The Morgan fingerprint density at radius 1 is 1.60 bits per heavy atom. The molecule has 3 aliphatic carbocycles. The van der Waals surface area contributed by atoms with Gasteiger partial charge in [0.1, 0.15) is 5.60 Å². The van der Waals surface area contributed by atoms with Gasteiger partial charge in [0.15, 0.2) is 0 Å². The fourth-order valence-electron chi connectivity index (χ4n) is 3.87. The van der Waals surface area contributed by atoms with Gasteiger partial charge >= 0.3 is 5.97 Å². The lowest BCUT2D eigenvalue weighted by molar-refractivity contribution is -0.156. The highest BCUT2D eigenvalue weighted by atomic mass is 16.6. The summed E-state index contributed by atoms with van der Waals surface area (Å²) in [4.78, 5) is 11.4. The molecule has 0 aromatic carbocycles. The van der Waals surface area contributed by atoms with Crippen LogP contribution >= 0.6 is 0 Å². The minimum Gasteiger partial charge on any atom is -0.455 e. The number of hydrogen-bond acceptors (Lipinski definition) is 2. The van der Waals surface area contributed by atoms with Gasteiger partial charge in [0, 0.05) is 12.0 Å². The first-order chi connectivity index (χ1) is 7.25. The van der Waals surface area contributed by atoms with E-state index in [1.165, 1.54) is 18.9 Å². The highest BCUT2D eigenvalue weighted by molar-refractivity contribution is 5.81. The van der Waals surface area contributed by atoms with E-state index < -0.39 is 0 Å². The van der Waals surface area contributed by atoms with Gasteiger partial charge in [0.05, 0.1) is 0 Å². The van der Waals surface area contributed by atoms with Crippen LogP contribution in [0.1, 0.15) is 25.7 Å². The quantitative estimate of drug-likeness (QED) is 0.392. The second-order valence-corrected chi connectivity index (χ2v) is 5.05. The average molecular weight is 204 g/mol. The molecule has 0 spiro atoms. The van der Waals surface area contributed by atoms with Crippen LogP contribution in [0.4, 0.5) is 0 Å². The first-order valence-electron chi connectivity index (χ1n) is 5.77. The second kappa shape index (κ2) is 2.97. The van der Waals surface area contributed by atoms with E-state index >= 15 is 0 Å². The summed E-state index contributed by atoms with van der Waals surface area (Å²) in [5, 5.41) is 0. The van der Waals surface area contributed by atoms with Crippen molar-refractivity contribution in [3.05, 3.63) is 24.8 Å². The van der Waals surface area contributed by atoms with Crippen LogP contribution in [-0.4, -0.2) is 11.6 Å². The van der Waals surface area contributed by atoms with E-state index in [4.69, 9.17) is 4.74 Å². The first kappa shape index (κ1) is 9.20. The van der Waals surface area contributed by atoms with Crippen LogP contribution in [0.2, 0.25) is 0 Å². The summed E-state index contributed by atoms with van der Waals surface area (Å²) in [5.41, 5.74) is -0.173. The van der Waals surface area contributed by atoms with Crippen molar-refractivity contribution >= 4 is 5.97 Å². The van der Waals surface area contributed by atoms with Crippen molar-refractivity contribution in [3.63, 3.8) is 0 Å². The van der Waals surface area contributed by atoms with Crippen molar-refractivity contribution in [2.75, 3.05) is 0 Å². The molecule has 3 aliphatic rings. The molecule has 0 aromatic heterocycles. The molecule has 4 unspecified atom stereocenters. The van der Waals surface area contributed by atoms with Crippen LogP contribution in [0, 0.1) is 17.8 Å². The summed E-state index contributed by atoms with van der Waals surface area (Å²) >= 11 is 0. The summed E-state index contributed by atoms with van der Waals surface area (Å²) in [6, 6.07) is 0. The first-order valence-corrected chi connectivity index (χ1v) is 5.77. The second-order valence-electron chi connectivity index (χ2n) is 5.05. The molecule has 2 nitrogen and oxygen atoms in total. The van der Waals surface area contributed by atoms with Crippen LogP contribution in [0.3, 0.4) is 0 Å². The maximum Gasteiger partial charge on any atom is 0.330 e. The minimum absolute atomic E-state index is 0.173. The van der Waals surface area contributed by atoms with Crippen LogP contribution in [0.15, 0.2) is 24.8 Å².